The average molecular weight is 305 g/mol. The smallest absolute Gasteiger partial charge is 0.255 e. The SMILES string of the molecule is CC(C)(C)NC(=O)CNC(=O)c1cc(Cl)nnc1Cl. The molecule has 0 spiro atoms. The Bertz CT molecular complexity index is 500. The van der Waals surface area contributed by atoms with Crippen molar-refractivity contribution in [3.8, 4) is 0 Å². The number of rotatable bonds is 3. The standard InChI is InChI=1S/C11H14Cl2N4O2/c1-11(2,3)15-8(18)5-14-10(19)6-4-7(12)16-17-9(6)13/h4H,5H2,1-3H3,(H,14,19)(H,15,18). The molecular formula is C11H14Cl2N4O2. The third kappa shape index (κ3) is 5.40. The molecule has 0 saturated carbocycles. The second-order valence-corrected chi connectivity index (χ2v) is 5.60. The van der Waals surface area contributed by atoms with E-state index >= 15 is 0 Å². The summed E-state index contributed by atoms with van der Waals surface area (Å²) in [5.41, 5.74) is -0.286. The molecule has 0 aromatic carbocycles. The van der Waals surface area contributed by atoms with Crippen molar-refractivity contribution in [3.63, 3.8) is 0 Å². The number of hydrogen-bond donors (Lipinski definition) is 2. The van der Waals surface area contributed by atoms with Crippen molar-refractivity contribution in [2.24, 2.45) is 0 Å². The summed E-state index contributed by atoms with van der Waals surface area (Å²) in [6.45, 7) is 5.37. The first kappa shape index (κ1) is 15.7. The molecular weight excluding hydrogens is 291 g/mol. The molecule has 8 heteroatoms. The summed E-state index contributed by atoms with van der Waals surface area (Å²) in [5.74, 6) is -0.837. The Balaban J connectivity index is 2.61. The van der Waals surface area contributed by atoms with Gasteiger partial charge in [0.25, 0.3) is 5.91 Å². The first-order chi connectivity index (χ1) is 8.69. The first-order valence-corrected chi connectivity index (χ1v) is 6.22. The molecule has 1 aromatic heterocycles. The van der Waals surface area contributed by atoms with Crippen LogP contribution in [0.15, 0.2) is 6.07 Å². The van der Waals surface area contributed by atoms with Gasteiger partial charge in [0, 0.05) is 5.54 Å². The predicted molar refractivity (Wildman–Crippen MR) is 72.3 cm³/mol. The molecule has 1 aromatic rings. The van der Waals surface area contributed by atoms with Crippen LogP contribution in [-0.2, 0) is 4.79 Å². The number of amides is 2. The summed E-state index contributed by atoms with van der Waals surface area (Å²) < 4.78 is 0. The molecule has 1 heterocycles. The molecule has 0 unspecified atom stereocenters. The fraction of sp³-hybridized carbons (Fsp3) is 0.455. The summed E-state index contributed by atoms with van der Waals surface area (Å²) in [6, 6.07) is 1.29. The van der Waals surface area contributed by atoms with Crippen LogP contribution in [0.1, 0.15) is 31.1 Å². The van der Waals surface area contributed by atoms with Gasteiger partial charge in [0.05, 0.1) is 12.1 Å². The Morgan fingerprint density at radius 3 is 2.47 bits per heavy atom. The summed E-state index contributed by atoms with van der Waals surface area (Å²) in [6.07, 6.45) is 0. The number of nitrogens with zero attached hydrogens (tertiary/aromatic N) is 2. The Hall–Kier alpha value is -1.40. The van der Waals surface area contributed by atoms with E-state index in [1.165, 1.54) is 6.07 Å². The van der Waals surface area contributed by atoms with Crippen LogP contribution in [0.5, 0.6) is 0 Å². The Kier molecular flexibility index (Phi) is 5.08. The molecule has 2 amide bonds. The monoisotopic (exact) mass is 304 g/mol. The van der Waals surface area contributed by atoms with E-state index in [1.54, 1.807) is 0 Å². The van der Waals surface area contributed by atoms with Gasteiger partial charge in [-0.05, 0) is 26.8 Å². The van der Waals surface area contributed by atoms with Crippen LogP contribution >= 0.6 is 23.2 Å². The summed E-state index contributed by atoms with van der Waals surface area (Å²) in [4.78, 5) is 23.3. The van der Waals surface area contributed by atoms with Crippen LogP contribution in [0.2, 0.25) is 10.3 Å². The molecule has 0 atom stereocenters. The van der Waals surface area contributed by atoms with Gasteiger partial charge in [-0.3, -0.25) is 9.59 Å². The molecule has 0 fully saturated rings. The molecule has 0 bridgehead atoms. The van der Waals surface area contributed by atoms with Crippen molar-refractivity contribution in [2.45, 2.75) is 26.3 Å². The minimum atomic E-state index is -0.536. The number of aromatic nitrogens is 2. The zero-order valence-corrected chi connectivity index (χ0v) is 12.3. The minimum Gasteiger partial charge on any atom is -0.350 e. The van der Waals surface area contributed by atoms with Crippen LogP contribution in [0.4, 0.5) is 0 Å². The van der Waals surface area contributed by atoms with Gasteiger partial charge in [-0.1, -0.05) is 23.2 Å². The number of carbonyl (C=O) groups excluding carboxylic acids is 2. The van der Waals surface area contributed by atoms with Crippen molar-refractivity contribution in [1.29, 1.82) is 0 Å². The Morgan fingerprint density at radius 2 is 1.89 bits per heavy atom. The van der Waals surface area contributed by atoms with E-state index < -0.39 is 5.91 Å². The van der Waals surface area contributed by atoms with Crippen LogP contribution in [0.25, 0.3) is 0 Å². The number of carbonyl (C=O) groups is 2. The molecule has 6 nitrogen and oxygen atoms in total. The Labute approximate surface area is 120 Å². The van der Waals surface area contributed by atoms with Gasteiger partial charge in [0.15, 0.2) is 10.3 Å². The maximum absolute atomic E-state index is 11.8. The van der Waals surface area contributed by atoms with E-state index in [2.05, 4.69) is 20.8 Å². The van der Waals surface area contributed by atoms with E-state index in [-0.39, 0.29) is 33.9 Å². The van der Waals surface area contributed by atoms with Crippen LogP contribution in [-0.4, -0.2) is 34.1 Å². The lowest BCUT2D eigenvalue weighted by atomic mass is 10.1. The lowest BCUT2D eigenvalue weighted by Crippen LogP contribution is -2.45. The van der Waals surface area contributed by atoms with Crippen LogP contribution < -0.4 is 10.6 Å². The lowest BCUT2D eigenvalue weighted by molar-refractivity contribution is -0.121. The molecule has 2 N–H and O–H groups in total. The van der Waals surface area contributed by atoms with E-state index in [0.717, 1.165) is 0 Å². The van der Waals surface area contributed by atoms with Gasteiger partial charge >= 0.3 is 0 Å². The van der Waals surface area contributed by atoms with E-state index in [1.807, 2.05) is 20.8 Å². The first-order valence-electron chi connectivity index (χ1n) is 5.47. The zero-order chi connectivity index (χ0) is 14.6. The van der Waals surface area contributed by atoms with E-state index in [9.17, 15) is 9.59 Å². The van der Waals surface area contributed by atoms with Crippen LogP contribution in [0, 0.1) is 0 Å². The minimum absolute atomic E-state index is 0.0497. The van der Waals surface area contributed by atoms with Gasteiger partial charge in [-0.25, -0.2) is 0 Å². The highest BCUT2D eigenvalue weighted by Gasteiger charge is 2.17. The van der Waals surface area contributed by atoms with Crippen molar-refractivity contribution in [3.05, 3.63) is 21.9 Å². The quantitative estimate of drug-likeness (QED) is 0.885. The van der Waals surface area contributed by atoms with E-state index in [4.69, 9.17) is 23.2 Å². The van der Waals surface area contributed by atoms with Crippen molar-refractivity contribution >= 4 is 35.0 Å². The van der Waals surface area contributed by atoms with E-state index in [0.29, 0.717) is 0 Å². The second kappa shape index (κ2) is 6.16. The summed E-state index contributed by atoms with van der Waals surface area (Å²) in [5, 5.41) is 12.1. The maximum atomic E-state index is 11.8. The number of hydrogen-bond acceptors (Lipinski definition) is 4. The Morgan fingerprint density at radius 1 is 1.26 bits per heavy atom. The van der Waals surface area contributed by atoms with Crippen molar-refractivity contribution in [1.82, 2.24) is 20.8 Å². The third-order valence-electron chi connectivity index (χ3n) is 1.89. The molecule has 0 aliphatic rings. The molecule has 104 valence electrons. The molecule has 1 rings (SSSR count). The van der Waals surface area contributed by atoms with Crippen molar-refractivity contribution in [2.75, 3.05) is 6.54 Å². The van der Waals surface area contributed by atoms with Crippen molar-refractivity contribution < 1.29 is 9.59 Å². The normalized spacial score (nSPS) is 11.0. The molecule has 19 heavy (non-hydrogen) atoms. The fourth-order valence-electron chi connectivity index (χ4n) is 1.23. The van der Waals surface area contributed by atoms with Gasteiger partial charge in [0.2, 0.25) is 5.91 Å². The number of nitrogens with one attached hydrogen (secondary N) is 2. The molecule has 0 saturated heterocycles. The molecule has 0 radical (unpaired) electrons. The average Bonchev–Trinajstić information content (AvgIpc) is 2.27. The van der Waals surface area contributed by atoms with Gasteiger partial charge in [0.1, 0.15) is 0 Å². The highest BCUT2D eigenvalue weighted by molar-refractivity contribution is 6.34. The van der Waals surface area contributed by atoms with Gasteiger partial charge < -0.3 is 10.6 Å². The van der Waals surface area contributed by atoms with Gasteiger partial charge in [-0.2, -0.15) is 0 Å². The fourth-order valence-corrected chi connectivity index (χ4v) is 1.56. The summed E-state index contributed by atoms with van der Waals surface area (Å²) in [7, 11) is 0. The van der Waals surface area contributed by atoms with Crippen LogP contribution in [0.3, 0.4) is 0 Å². The lowest BCUT2D eigenvalue weighted by Gasteiger charge is -2.20. The second-order valence-electron chi connectivity index (χ2n) is 4.85. The highest BCUT2D eigenvalue weighted by Crippen LogP contribution is 2.14. The molecule has 0 aliphatic carbocycles. The topological polar surface area (TPSA) is 84.0 Å². The number of halogens is 2. The maximum Gasteiger partial charge on any atom is 0.255 e. The summed E-state index contributed by atoms with van der Waals surface area (Å²) >= 11 is 11.3. The predicted octanol–water partition coefficient (Wildman–Crippen LogP) is 1.43. The largest absolute Gasteiger partial charge is 0.350 e. The third-order valence-corrected chi connectivity index (χ3v) is 2.35. The molecule has 0 aliphatic heterocycles. The zero-order valence-electron chi connectivity index (χ0n) is 10.8. The highest BCUT2D eigenvalue weighted by atomic mass is 35.5. The van der Waals surface area contributed by atoms with Gasteiger partial charge in [-0.15, -0.1) is 10.2 Å².